The van der Waals surface area contributed by atoms with Crippen LogP contribution in [-0.4, -0.2) is 43.1 Å². The second kappa shape index (κ2) is 10.1. The molecule has 0 saturated heterocycles. The fraction of sp³-hybridized carbons (Fsp3) is 0.786. The highest BCUT2D eigenvalue weighted by Gasteiger charge is 2.26. The van der Waals surface area contributed by atoms with Crippen molar-refractivity contribution < 1.29 is 23.9 Å². The Bertz CT molecular complexity index is 357. The number of ether oxygens (including phenoxy) is 2. The second-order valence-corrected chi connectivity index (χ2v) is 4.93. The normalized spacial score (nSPS) is 13.4. The van der Waals surface area contributed by atoms with Crippen molar-refractivity contribution >= 4 is 17.8 Å². The zero-order chi connectivity index (χ0) is 16.4. The first-order valence-corrected chi connectivity index (χ1v) is 7.21. The zero-order valence-electron chi connectivity index (χ0n) is 13.2. The number of carbonyl (C=O) groups is 3. The van der Waals surface area contributed by atoms with Crippen LogP contribution in [0.4, 0.5) is 0 Å². The molecule has 0 heterocycles. The van der Waals surface area contributed by atoms with Gasteiger partial charge in [-0.25, -0.2) is 4.79 Å². The van der Waals surface area contributed by atoms with Crippen LogP contribution in [-0.2, 0) is 23.9 Å². The van der Waals surface area contributed by atoms with Crippen LogP contribution in [0.5, 0.6) is 0 Å². The minimum atomic E-state index is -0.897. The third-order valence-electron chi connectivity index (χ3n) is 2.85. The number of nitrogens with one attached hydrogen (secondary N) is 1. The molecular formula is C14H26N2O5. The van der Waals surface area contributed by atoms with Crippen molar-refractivity contribution in [3.63, 3.8) is 0 Å². The van der Waals surface area contributed by atoms with Gasteiger partial charge < -0.3 is 20.5 Å². The van der Waals surface area contributed by atoms with Gasteiger partial charge >= 0.3 is 11.9 Å². The Hall–Kier alpha value is -1.63. The van der Waals surface area contributed by atoms with Crippen molar-refractivity contribution in [2.24, 2.45) is 11.7 Å². The van der Waals surface area contributed by atoms with Gasteiger partial charge in [-0.2, -0.15) is 0 Å². The molecule has 0 unspecified atom stereocenters. The van der Waals surface area contributed by atoms with E-state index in [-0.39, 0.29) is 32.0 Å². The minimum Gasteiger partial charge on any atom is -0.466 e. The Morgan fingerprint density at radius 1 is 1.10 bits per heavy atom. The third-order valence-corrected chi connectivity index (χ3v) is 2.85. The van der Waals surface area contributed by atoms with Crippen LogP contribution in [0.25, 0.3) is 0 Å². The maximum absolute atomic E-state index is 11.9. The van der Waals surface area contributed by atoms with Crippen LogP contribution >= 0.6 is 0 Å². The van der Waals surface area contributed by atoms with Crippen molar-refractivity contribution in [3.8, 4) is 0 Å². The van der Waals surface area contributed by atoms with Gasteiger partial charge in [0.25, 0.3) is 0 Å². The molecule has 7 nitrogen and oxygen atoms in total. The molecule has 0 aliphatic heterocycles. The van der Waals surface area contributed by atoms with E-state index in [4.69, 9.17) is 15.2 Å². The average molecular weight is 302 g/mol. The Morgan fingerprint density at radius 2 is 1.67 bits per heavy atom. The molecule has 0 fully saturated rings. The van der Waals surface area contributed by atoms with E-state index in [9.17, 15) is 14.4 Å². The molecule has 0 spiro atoms. The largest absolute Gasteiger partial charge is 0.466 e. The van der Waals surface area contributed by atoms with Crippen LogP contribution in [0.1, 0.15) is 40.5 Å². The lowest BCUT2D eigenvalue weighted by atomic mass is 10.0. The lowest BCUT2D eigenvalue weighted by molar-refractivity contribution is -0.149. The Balaban J connectivity index is 4.63. The summed E-state index contributed by atoms with van der Waals surface area (Å²) in [6.07, 6.45) is 0.142. The SMILES string of the molecule is CCOC(=O)CC[C@@H](NC(=O)[C@@H](N)C(C)C)C(=O)OCC. The van der Waals surface area contributed by atoms with Gasteiger partial charge in [-0.15, -0.1) is 0 Å². The van der Waals surface area contributed by atoms with Crippen LogP contribution in [0.15, 0.2) is 0 Å². The minimum absolute atomic E-state index is 0.0223. The molecule has 0 rings (SSSR count). The molecule has 122 valence electrons. The van der Waals surface area contributed by atoms with Crippen molar-refractivity contribution in [2.45, 2.75) is 52.6 Å². The molecule has 0 radical (unpaired) electrons. The third kappa shape index (κ3) is 7.65. The molecule has 0 aromatic rings. The smallest absolute Gasteiger partial charge is 0.328 e. The van der Waals surface area contributed by atoms with E-state index in [0.717, 1.165) is 0 Å². The van der Waals surface area contributed by atoms with Gasteiger partial charge in [-0.3, -0.25) is 9.59 Å². The van der Waals surface area contributed by atoms with Crippen LogP contribution < -0.4 is 11.1 Å². The van der Waals surface area contributed by atoms with E-state index in [1.165, 1.54) is 0 Å². The first-order chi connectivity index (χ1) is 9.83. The number of carbonyl (C=O) groups excluding carboxylic acids is 3. The molecule has 0 saturated carbocycles. The highest BCUT2D eigenvalue weighted by Crippen LogP contribution is 2.05. The van der Waals surface area contributed by atoms with Crippen molar-refractivity contribution in [1.29, 1.82) is 0 Å². The van der Waals surface area contributed by atoms with E-state index >= 15 is 0 Å². The summed E-state index contributed by atoms with van der Waals surface area (Å²) in [7, 11) is 0. The van der Waals surface area contributed by atoms with Crippen molar-refractivity contribution in [2.75, 3.05) is 13.2 Å². The molecule has 21 heavy (non-hydrogen) atoms. The van der Waals surface area contributed by atoms with E-state index in [0.29, 0.717) is 0 Å². The highest BCUT2D eigenvalue weighted by atomic mass is 16.5. The first-order valence-electron chi connectivity index (χ1n) is 7.21. The predicted molar refractivity (Wildman–Crippen MR) is 77.2 cm³/mol. The van der Waals surface area contributed by atoms with E-state index in [2.05, 4.69) is 5.32 Å². The van der Waals surface area contributed by atoms with E-state index < -0.39 is 29.9 Å². The molecule has 1 amide bonds. The van der Waals surface area contributed by atoms with Gasteiger partial charge in [-0.1, -0.05) is 13.8 Å². The van der Waals surface area contributed by atoms with Crippen LogP contribution in [0.2, 0.25) is 0 Å². The number of rotatable bonds is 9. The quantitative estimate of drug-likeness (QED) is 0.595. The monoisotopic (exact) mass is 302 g/mol. The van der Waals surface area contributed by atoms with Crippen molar-refractivity contribution in [1.82, 2.24) is 5.32 Å². The van der Waals surface area contributed by atoms with Gasteiger partial charge in [-0.05, 0) is 26.2 Å². The maximum atomic E-state index is 11.9. The molecule has 0 bridgehead atoms. The lowest BCUT2D eigenvalue weighted by Gasteiger charge is -2.21. The second-order valence-electron chi connectivity index (χ2n) is 4.93. The zero-order valence-corrected chi connectivity index (χ0v) is 13.2. The summed E-state index contributed by atoms with van der Waals surface area (Å²) >= 11 is 0. The highest BCUT2D eigenvalue weighted by molar-refractivity contribution is 5.87. The lowest BCUT2D eigenvalue weighted by Crippen LogP contribution is -2.50. The summed E-state index contributed by atoms with van der Waals surface area (Å²) in [6.45, 7) is 7.45. The Morgan fingerprint density at radius 3 is 2.14 bits per heavy atom. The van der Waals surface area contributed by atoms with Crippen LogP contribution in [0.3, 0.4) is 0 Å². The molecule has 0 aliphatic carbocycles. The molecular weight excluding hydrogens is 276 g/mol. The van der Waals surface area contributed by atoms with Gasteiger partial charge in [0, 0.05) is 6.42 Å². The van der Waals surface area contributed by atoms with Gasteiger partial charge in [0.05, 0.1) is 19.3 Å². The molecule has 0 aromatic heterocycles. The summed E-state index contributed by atoms with van der Waals surface area (Å²) in [5.74, 6) is -1.50. The molecule has 0 aromatic carbocycles. The predicted octanol–water partition coefficient (Wildman–Crippen LogP) is 0.361. The summed E-state index contributed by atoms with van der Waals surface area (Å²) in [5, 5.41) is 2.53. The fourth-order valence-corrected chi connectivity index (χ4v) is 1.56. The standard InChI is InChI=1S/C14H26N2O5/c1-5-20-11(17)8-7-10(14(19)21-6-2)16-13(18)12(15)9(3)4/h9-10,12H,5-8,15H2,1-4H3,(H,16,18)/t10-,12+/m1/s1. The number of nitrogens with two attached hydrogens (primary N) is 1. The number of esters is 2. The Labute approximate surface area is 125 Å². The van der Waals surface area contributed by atoms with Gasteiger partial charge in [0.15, 0.2) is 0 Å². The summed E-state index contributed by atoms with van der Waals surface area (Å²) in [6, 6.07) is -1.61. The van der Waals surface area contributed by atoms with Gasteiger partial charge in [0.2, 0.25) is 5.91 Å². The molecule has 0 aliphatic rings. The van der Waals surface area contributed by atoms with Crippen LogP contribution in [0, 0.1) is 5.92 Å². The topological polar surface area (TPSA) is 108 Å². The summed E-state index contributed by atoms with van der Waals surface area (Å²) < 4.78 is 9.69. The summed E-state index contributed by atoms with van der Waals surface area (Å²) in [5.41, 5.74) is 5.73. The number of amides is 1. The maximum Gasteiger partial charge on any atom is 0.328 e. The summed E-state index contributed by atoms with van der Waals surface area (Å²) in [4.78, 5) is 35.1. The Kier molecular flexibility index (Phi) is 9.36. The molecule has 2 atom stereocenters. The van der Waals surface area contributed by atoms with E-state index in [1.54, 1.807) is 13.8 Å². The molecule has 7 heteroatoms. The van der Waals surface area contributed by atoms with Gasteiger partial charge in [0.1, 0.15) is 6.04 Å². The number of hydrogen-bond acceptors (Lipinski definition) is 6. The first kappa shape index (κ1) is 19.4. The fourth-order valence-electron chi connectivity index (χ4n) is 1.56. The number of hydrogen-bond donors (Lipinski definition) is 2. The average Bonchev–Trinajstić information content (AvgIpc) is 2.42. The molecule has 3 N–H and O–H groups in total. The van der Waals surface area contributed by atoms with E-state index in [1.807, 2.05) is 13.8 Å². The van der Waals surface area contributed by atoms with Crippen molar-refractivity contribution in [3.05, 3.63) is 0 Å².